The molecule has 6 heteroatoms. The lowest BCUT2D eigenvalue weighted by Crippen LogP contribution is -2.59. The highest BCUT2D eigenvalue weighted by atomic mass is 15.4. The molecule has 2 atom stereocenters. The summed E-state index contributed by atoms with van der Waals surface area (Å²) in [6, 6.07) is 0.712. The van der Waals surface area contributed by atoms with Crippen LogP contribution in [0.1, 0.15) is 19.3 Å². The molecule has 0 bridgehead atoms. The van der Waals surface area contributed by atoms with E-state index < -0.39 is 0 Å². The molecular weight excluding hydrogens is 264 g/mol. The number of likely N-dealkylation sites (tertiary alicyclic amines) is 1. The first-order chi connectivity index (χ1) is 10.4. The second-order valence-electron chi connectivity index (χ2n) is 6.76. The number of anilines is 1. The van der Waals surface area contributed by atoms with Crippen molar-refractivity contribution in [3.63, 3.8) is 0 Å². The van der Waals surface area contributed by atoms with Crippen LogP contribution in [0.3, 0.4) is 0 Å². The summed E-state index contributed by atoms with van der Waals surface area (Å²) >= 11 is 0. The van der Waals surface area contributed by atoms with E-state index in [0.29, 0.717) is 6.04 Å². The minimum Gasteiger partial charge on any atom is -0.351 e. The van der Waals surface area contributed by atoms with Gasteiger partial charge in [0.2, 0.25) is 0 Å². The molecule has 0 radical (unpaired) electrons. The summed E-state index contributed by atoms with van der Waals surface area (Å²) in [5.41, 5.74) is 1.73. The topological polar surface area (TPSA) is 60.9 Å². The maximum absolute atomic E-state index is 4.44. The Hall–Kier alpha value is -1.69. The van der Waals surface area contributed by atoms with Gasteiger partial charge in [-0.2, -0.15) is 0 Å². The van der Waals surface area contributed by atoms with Crippen molar-refractivity contribution in [1.82, 2.24) is 24.8 Å². The maximum Gasteiger partial charge on any atom is 0.182 e. The van der Waals surface area contributed by atoms with Crippen molar-refractivity contribution in [2.45, 2.75) is 25.3 Å². The first-order valence-electron chi connectivity index (χ1n) is 8.01. The van der Waals surface area contributed by atoms with Crippen LogP contribution >= 0.6 is 0 Å². The first kappa shape index (κ1) is 11.9. The quantitative estimate of drug-likeness (QED) is 0.900. The number of rotatable bonds is 2. The highest BCUT2D eigenvalue weighted by Crippen LogP contribution is 2.39. The molecule has 3 aliphatic rings. The van der Waals surface area contributed by atoms with Gasteiger partial charge in [-0.25, -0.2) is 15.0 Å². The van der Waals surface area contributed by atoms with Crippen molar-refractivity contribution in [2.24, 2.45) is 11.8 Å². The molecule has 4 heterocycles. The Morgan fingerprint density at radius 2 is 1.81 bits per heavy atom. The molecule has 0 amide bonds. The van der Waals surface area contributed by atoms with Crippen LogP contribution in [0.5, 0.6) is 0 Å². The number of hydrogen-bond acceptors (Lipinski definition) is 5. The molecular formula is C15H20N6. The Balaban J connectivity index is 1.29. The SMILES string of the molecule is c1nc(N2CC(N3CC4CCCC4C3)C2)c2[nH]cnc2n1. The lowest BCUT2D eigenvalue weighted by Gasteiger charge is -2.45. The lowest BCUT2D eigenvalue weighted by molar-refractivity contribution is 0.190. The van der Waals surface area contributed by atoms with E-state index in [1.165, 1.54) is 32.4 Å². The summed E-state index contributed by atoms with van der Waals surface area (Å²) in [7, 11) is 0. The van der Waals surface area contributed by atoms with Crippen LogP contribution in [-0.2, 0) is 0 Å². The molecule has 6 nitrogen and oxygen atoms in total. The standard InChI is InChI=1S/C15H20N6/c1-2-10-4-20(5-11(10)3-1)12-6-21(7-12)15-13-14(17-8-16-13)18-9-19-15/h8-12H,1-7H2,(H,16,17,18,19). The second-order valence-corrected chi connectivity index (χ2v) is 6.76. The number of hydrogen-bond donors (Lipinski definition) is 1. The zero-order chi connectivity index (χ0) is 13.8. The Labute approximate surface area is 123 Å². The third kappa shape index (κ3) is 1.78. The molecule has 1 saturated carbocycles. The molecule has 2 saturated heterocycles. The van der Waals surface area contributed by atoms with Crippen LogP contribution < -0.4 is 4.90 Å². The first-order valence-corrected chi connectivity index (χ1v) is 8.01. The predicted molar refractivity (Wildman–Crippen MR) is 80.1 cm³/mol. The summed E-state index contributed by atoms with van der Waals surface area (Å²) in [5, 5.41) is 0. The number of fused-ring (bicyclic) bond motifs is 2. The van der Waals surface area contributed by atoms with E-state index >= 15 is 0 Å². The van der Waals surface area contributed by atoms with E-state index in [4.69, 9.17) is 0 Å². The molecule has 3 fully saturated rings. The van der Waals surface area contributed by atoms with Crippen LogP contribution in [-0.4, -0.2) is 57.1 Å². The van der Waals surface area contributed by atoms with Crippen molar-refractivity contribution in [3.8, 4) is 0 Å². The zero-order valence-electron chi connectivity index (χ0n) is 12.1. The van der Waals surface area contributed by atoms with Gasteiger partial charge in [0.1, 0.15) is 11.8 Å². The van der Waals surface area contributed by atoms with Crippen LogP contribution in [0.4, 0.5) is 5.82 Å². The smallest absolute Gasteiger partial charge is 0.182 e. The zero-order valence-corrected chi connectivity index (χ0v) is 12.1. The molecule has 1 aliphatic carbocycles. The predicted octanol–water partition coefficient (Wildman–Crippen LogP) is 1.27. The van der Waals surface area contributed by atoms with Crippen LogP contribution in [0.25, 0.3) is 11.2 Å². The highest BCUT2D eigenvalue weighted by Gasteiger charge is 2.42. The minimum atomic E-state index is 0.712. The highest BCUT2D eigenvalue weighted by molar-refractivity contribution is 5.83. The van der Waals surface area contributed by atoms with E-state index in [-0.39, 0.29) is 0 Å². The molecule has 2 unspecified atom stereocenters. The average Bonchev–Trinajstić information content (AvgIpc) is 3.11. The second kappa shape index (κ2) is 4.40. The maximum atomic E-state index is 4.44. The third-order valence-electron chi connectivity index (χ3n) is 5.64. The van der Waals surface area contributed by atoms with Gasteiger partial charge < -0.3 is 9.88 Å². The van der Waals surface area contributed by atoms with Crippen molar-refractivity contribution >= 4 is 17.0 Å². The lowest BCUT2D eigenvalue weighted by atomic mass is 10.0. The fourth-order valence-corrected chi connectivity index (χ4v) is 4.42. The Morgan fingerprint density at radius 3 is 2.62 bits per heavy atom. The van der Waals surface area contributed by atoms with Gasteiger partial charge in [0.15, 0.2) is 11.5 Å². The van der Waals surface area contributed by atoms with E-state index in [9.17, 15) is 0 Å². The van der Waals surface area contributed by atoms with Crippen molar-refractivity contribution in [3.05, 3.63) is 12.7 Å². The van der Waals surface area contributed by atoms with Gasteiger partial charge >= 0.3 is 0 Å². The molecule has 2 aromatic heterocycles. The number of imidazole rings is 1. The van der Waals surface area contributed by atoms with E-state index in [2.05, 4.69) is 29.7 Å². The Bertz CT molecular complexity index is 649. The van der Waals surface area contributed by atoms with Crippen LogP contribution in [0, 0.1) is 11.8 Å². The van der Waals surface area contributed by atoms with E-state index in [1.54, 1.807) is 12.7 Å². The van der Waals surface area contributed by atoms with E-state index in [0.717, 1.165) is 41.9 Å². The van der Waals surface area contributed by atoms with Gasteiger partial charge in [-0.05, 0) is 24.7 Å². The summed E-state index contributed by atoms with van der Waals surface area (Å²) in [5.74, 6) is 2.97. The molecule has 0 spiro atoms. The monoisotopic (exact) mass is 284 g/mol. The van der Waals surface area contributed by atoms with Crippen LogP contribution in [0.2, 0.25) is 0 Å². The molecule has 21 heavy (non-hydrogen) atoms. The number of aromatic amines is 1. The average molecular weight is 284 g/mol. The molecule has 110 valence electrons. The minimum absolute atomic E-state index is 0.712. The summed E-state index contributed by atoms with van der Waals surface area (Å²) in [6.45, 7) is 4.83. The Kier molecular flexibility index (Phi) is 2.50. The molecule has 2 aromatic rings. The largest absolute Gasteiger partial charge is 0.351 e. The van der Waals surface area contributed by atoms with Crippen molar-refractivity contribution in [2.75, 3.05) is 31.1 Å². The normalized spacial score (nSPS) is 30.0. The summed E-state index contributed by atoms with van der Waals surface area (Å²) in [6.07, 6.45) is 7.68. The van der Waals surface area contributed by atoms with Gasteiger partial charge in [0.05, 0.1) is 6.33 Å². The Morgan fingerprint density at radius 1 is 1.00 bits per heavy atom. The van der Waals surface area contributed by atoms with Gasteiger partial charge in [0, 0.05) is 32.2 Å². The number of nitrogens with zero attached hydrogens (tertiary/aromatic N) is 5. The molecule has 5 rings (SSSR count). The number of H-pyrrole nitrogens is 1. The van der Waals surface area contributed by atoms with Gasteiger partial charge in [0.25, 0.3) is 0 Å². The molecule has 0 aromatic carbocycles. The molecule has 2 aliphatic heterocycles. The van der Waals surface area contributed by atoms with Gasteiger partial charge in [-0.1, -0.05) is 6.42 Å². The number of nitrogens with one attached hydrogen (secondary N) is 1. The van der Waals surface area contributed by atoms with E-state index in [1.807, 2.05) is 0 Å². The van der Waals surface area contributed by atoms with Gasteiger partial charge in [-0.3, -0.25) is 4.90 Å². The fourth-order valence-electron chi connectivity index (χ4n) is 4.42. The summed E-state index contributed by atoms with van der Waals surface area (Å²) < 4.78 is 0. The van der Waals surface area contributed by atoms with Crippen LogP contribution in [0.15, 0.2) is 12.7 Å². The van der Waals surface area contributed by atoms with Gasteiger partial charge in [-0.15, -0.1) is 0 Å². The summed E-state index contributed by atoms with van der Waals surface area (Å²) in [4.78, 5) is 21.1. The van der Waals surface area contributed by atoms with Crippen molar-refractivity contribution in [1.29, 1.82) is 0 Å². The molecule has 1 N–H and O–H groups in total. The number of aromatic nitrogens is 4. The third-order valence-corrected chi connectivity index (χ3v) is 5.64. The fraction of sp³-hybridized carbons (Fsp3) is 0.667. The van der Waals surface area contributed by atoms with Crippen molar-refractivity contribution < 1.29 is 0 Å².